The minimum absolute atomic E-state index is 0.848. The molecule has 1 nitrogen and oxygen atoms in total. The molecule has 0 spiro atoms. The molecule has 0 radical (unpaired) electrons. The van der Waals surface area contributed by atoms with E-state index in [1.54, 1.807) is 0 Å². The Kier molecular flexibility index (Phi) is 2.53. The Balaban J connectivity index is 2.12. The Morgan fingerprint density at radius 3 is 2.77 bits per heavy atom. The van der Waals surface area contributed by atoms with E-state index in [2.05, 4.69) is 36.5 Å². The Morgan fingerprint density at radius 2 is 2.08 bits per heavy atom. The zero-order valence-electron chi connectivity index (χ0n) is 8.22. The lowest BCUT2D eigenvalue weighted by atomic mass is 10.1. The van der Waals surface area contributed by atoms with Crippen molar-refractivity contribution in [2.24, 2.45) is 0 Å². The van der Waals surface area contributed by atoms with Crippen LogP contribution in [0.5, 0.6) is 0 Å². The van der Waals surface area contributed by atoms with Gasteiger partial charge in [0.05, 0.1) is 0 Å². The molecule has 0 atom stereocenters. The van der Waals surface area contributed by atoms with Crippen molar-refractivity contribution >= 4 is 5.69 Å². The molecule has 1 aromatic rings. The maximum Gasteiger partial charge on any atom is 0.0375 e. The number of para-hydroxylation sites is 1. The van der Waals surface area contributed by atoms with Gasteiger partial charge in [-0.05, 0) is 36.8 Å². The Labute approximate surface area is 80.2 Å². The summed E-state index contributed by atoms with van der Waals surface area (Å²) in [5, 5.41) is 3.48. The van der Waals surface area contributed by atoms with Crippen LogP contribution in [0.25, 0.3) is 0 Å². The van der Waals surface area contributed by atoms with Crippen LogP contribution in [0.1, 0.15) is 37.7 Å². The average Bonchev–Trinajstić information content (AvgIpc) is 2.98. The second kappa shape index (κ2) is 3.82. The van der Waals surface area contributed by atoms with Gasteiger partial charge in [-0.1, -0.05) is 25.1 Å². The molecular weight excluding hydrogens is 158 g/mol. The third kappa shape index (κ3) is 2.03. The second-order valence-corrected chi connectivity index (χ2v) is 3.79. The Hall–Kier alpha value is -0.980. The summed E-state index contributed by atoms with van der Waals surface area (Å²) >= 11 is 0. The predicted molar refractivity (Wildman–Crippen MR) is 57.2 cm³/mol. The van der Waals surface area contributed by atoms with Gasteiger partial charge in [0.15, 0.2) is 0 Å². The first-order valence-electron chi connectivity index (χ1n) is 5.24. The van der Waals surface area contributed by atoms with E-state index >= 15 is 0 Å². The van der Waals surface area contributed by atoms with Gasteiger partial charge in [0.2, 0.25) is 0 Å². The van der Waals surface area contributed by atoms with E-state index in [-0.39, 0.29) is 0 Å². The van der Waals surface area contributed by atoms with Crippen LogP contribution in [0.2, 0.25) is 0 Å². The summed E-state index contributed by atoms with van der Waals surface area (Å²) in [5.41, 5.74) is 2.88. The van der Waals surface area contributed by atoms with Crippen molar-refractivity contribution in [3.05, 3.63) is 29.8 Å². The fourth-order valence-electron chi connectivity index (χ4n) is 1.67. The lowest BCUT2D eigenvalue weighted by Crippen LogP contribution is -2.01. The Bertz CT molecular complexity index is 276. The molecule has 0 aliphatic heterocycles. The maximum atomic E-state index is 3.48. The molecule has 0 saturated heterocycles. The molecule has 2 rings (SSSR count). The summed E-state index contributed by atoms with van der Waals surface area (Å²) in [6.07, 6.45) is 3.95. The van der Waals surface area contributed by atoms with E-state index < -0.39 is 0 Å². The summed E-state index contributed by atoms with van der Waals surface area (Å²) in [6.45, 7) is 3.29. The first kappa shape index (κ1) is 8.61. The highest BCUT2D eigenvalue weighted by atomic mass is 14.9. The van der Waals surface area contributed by atoms with E-state index in [1.165, 1.54) is 30.5 Å². The molecule has 0 heterocycles. The minimum atomic E-state index is 0.848. The molecule has 1 aliphatic rings. The molecule has 1 aromatic carbocycles. The highest BCUT2D eigenvalue weighted by Gasteiger charge is 2.25. The molecule has 0 amide bonds. The van der Waals surface area contributed by atoms with Crippen LogP contribution in [-0.4, -0.2) is 6.54 Å². The van der Waals surface area contributed by atoms with Crippen molar-refractivity contribution in [1.29, 1.82) is 0 Å². The number of rotatable bonds is 4. The molecule has 1 aliphatic carbocycles. The standard InChI is InChI=1S/C12H17N/c1-2-9-13-12-6-4-3-5-11(12)10-7-8-10/h3-6,10,13H,2,7-9H2,1H3. The van der Waals surface area contributed by atoms with E-state index in [1.807, 2.05) is 0 Å². The van der Waals surface area contributed by atoms with Gasteiger partial charge in [0, 0.05) is 12.2 Å². The zero-order valence-corrected chi connectivity index (χ0v) is 8.22. The fraction of sp³-hybridized carbons (Fsp3) is 0.500. The van der Waals surface area contributed by atoms with Crippen LogP contribution in [0.4, 0.5) is 5.69 Å². The van der Waals surface area contributed by atoms with Crippen molar-refractivity contribution in [3.63, 3.8) is 0 Å². The van der Waals surface area contributed by atoms with Crippen molar-refractivity contribution in [2.45, 2.75) is 32.1 Å². The molecule has 1 heteroatoms. The van der Waals surface area contributed by atoms with Gasteiger partial charge in [0.25, 0.3) is 0 Å². The van der Waals surface area contributed by atoms with Gasteiger partial charge < -0.3 is 5.32 Å². The smallest absolute Gasteiger partial charge is 0.0375 e. The molecule has 13 heavy (non-hydrogen) atoms. The molecule has 1 saturated carbocycles. The summed E-state index contributed by atoms with van der Waals surface area (Å²) in [6, 6.07) is 8.72. The molecule has 1 N–H and O–H groups in total. The number of hydrogen-bond donors (Lipinski definition) is 1. The molecule has 0 aromatic heterocycles. The van der Waals surface area contributed by atoms with E-state index in [9.17, 15) is 0 Å². The lowest BCUT2D eigenvalue weighted by Gasteiger charge is -2.09. The van der Waals surface area contributed by atoms with Gasteiger partial charge in [-0.15, -0.1) is 0 Å². The van der Waals surface area contributed by atoms with E-state index in [4.69, 9.17) is 0 Å². The number of anilines is 1. The van der Waals surface area contributed by atoms with E-state index in [0.29, 0.717) is 0 Å². The van der Waals surface area contributed by atoms with Crippen LogP contribution < -0.4 is 5.32 Å². The number of benzene rings is 1. The minimum Gasteiger partial charge on any atom is -0.385 e. The molecule has 0 unspecified atom stereocenters. The van der Waals surface area contributed by atoms with Gasteiger partial charge in [-0.2, -0.15) is 0 Å². The fourth-order valence-corrected chi connectivity index (χ4v) is 1.67. The molecular formula is C12H17N. The summed E-state index contributed by atoms with van der Waals surface area (Å²) in [5.74, 6) is 0.848. The second-order valence-electron chi connectivity index (χ2n) is 3.79. The zero-order chi connectivity index (χ0) is 9.10. The third-order valence-corrected chi connectivity index (χ3v) is 2.54. The first-order valence-corrected chi connectivity index (χ1v) is 5.24. The van der Waals surface area contributed by atoms with Crippen molar-refractivity contribution in [3.8, 4) is 0 Å². The maximum absolute atomic E-state index is 3.48. The molecule has 70 valence electrons. The van der Waals surface area contributed by atoms with Gasteiger partial charge in [0.1, 0.15) is 0 Å². The SMILES string of the molecule is CCCNc1ccccc1C1CC1. The average molecular weight is 175 g/mol. The topological polar surface area (TPSA) is 12.0 Å². The summed E-state index contributed by atoms with van der Waals surface area (Å²) in [4.78, 5) is 0. The molecule has 1 fully saturated rings. The largest absolute Gasteiger partial charge is 0.385 e. The van der Waals surface area contributed by atoms with E-state index in [0.717, 1.165) is 12.5 Å². The number of nitrogens with one attached hydrogen (secondary N) is 1. The predicted octanol–water partition coefficient (Wildman–Crippen LogP) is 3.39. The first-order chi connectivity index (χ1) is 6.42. The summed E-state index contributed by atoms with van der Waals surface area (Å²) < 4.78 is 0. The molecule has 0 bridgehead atoms. The van der Waals surface area contributed by atoms with Crippen LogP contribution in [0.15, 0.2) is 24.3 Å². The van der Waals surface area contributed by atoms with Gasteiger partial charge in [-0.25, -0.2) is 0 Å². The lowest BCUT2D eigenvalue weighted by molar-refractivity contribution is 0.971. The van der Waals surface area contributed by atoms with Crippen LogP contribution >= 0.6 is 0 Å². The van der Waals surface area contributed by atoms with Crippen molar-refractivity contribution in [1.82, 2.24) is 0 Å². The summed E-state index contributed by atoms with van der Waals surface area (Å²) in [7, 11) is 0. The van der Waals surface area contributed by atoms with Gasteiger partial charge in [-0.3, -0.25) is 0 Å². The monoisotopic (exact) mass is 175 g/mol. The van der Waals surface area contributed by atoms with Gasteiger partial charge >= 0.3 is 0 Å². The number of hydrogen-bond acceptors (Lipinski definition) is 1. The third-order valence-electron chi connectivity index (χ3n) is 2.54. The van der Waals surface area contributed by atoms with Crippen LogP contribution in [0.3, 0.4) is 0 Å². The Morgan fingerprint density at radius 1 is 1.31 bits per heavy atom. The van der Waals surface area contributed by atoms with Crippen molar-refractivity contribution in [2.75, 3.05) is 11.9 Å². The highest BCUT2D eigenvalue weighted by molar-refractivity contribution is 5.53. The highest BCUT2D eigenvalue weighted by Crippen LogP contribution is 2.43. The quantitative estimate of drug-likeness (QED) is 0.739. The normalized spacial score (nSPS) is 15.8. The van der Waals surface area contributed by atoms with Crippen molar-refractivity contribution < 1.29 is 0 Å². The van der Waals surface area contributed by atoms with Crippen LogP contribution in [0, 0.1) is 0 Å². The van der Waals surface area contributed by atoms with Crippen LogP contribution in [-0.2, 0) is 0 Å².